The summed E-state index contributed by atoms with van der Waals surface area (Å²) in [6, 6.07) is 4.48. The number of carbonyl (C=O) groups is 1. The van der Waals surface area contributed by atoms with E-state index in [1.165, 1.54) is 0 Å². The van der Waals surface area contributed by atoms with Gasteiger partial charge in [0.1, 0.15) is 0 Å². The predicted molar refractivity (Wildman–Crippen MR) is 93.8 cm³/mol. The van der Waals surface area contributed by atoms with E-state index in [1.54, 1.807) is 6.20 Å². The average Bonchev–Trinajstić information content (AvgIpc) is 2.63. The highest BCUT2D eigenvalue weighted by Crippen LogP contribution is 2.21. The molecular formula is C16H25N5OS. The van der Waals surface area contributed by atoms with E-state index >= 15 is 0 Å². The second kappa shape index (κ2) is 7.97. The number of rotatable bonds is 4. The molecule has 1 N–H and O–H groups in total. The van der Waals surface area contributed by atoms with E-state index in [4.69, 9.17) is 0 Å². The van der Waals surface area contributed by atoms with Gasteiger partial charge < -0.3 is 15.1 Å². The monoisotopic (exact) mass is 335 g/mol. The number of anilines is 1. The van der Waals surface area contributed by atoms with Crippen molar-refractivity contribution in [2.75, 3.05) is 43.1 Å². The van der Waals surface area contributed by atoms with Crippen molar-refractivity contribution in [3.63, 3.8) is 0 Å². The zero-order valence-corrected chi connectivity index (χ0v) is 14.5. The first-order chi connectivity index (χ1) is 11.2. The SMILES string of the molecule is CN(C(=O)CC1CSCCN1)C1CCCN(c2cccnn2)C1. The predicted octanol–water partition coefficient (Wildman–Crippen LogP) is 0.999. The molecule has 0 spiro atoms. The van der Waals surface area contributed by atoms with Crippen molar-refractivity contribution in [3.05, 3.63) is 18.3 Å². The van der Waals surface area contributed by atoms with Gasteiger partial charge in [-0.25, -0.2) is 0 Å². The third-order valence-corrected chi connectivity index (χ3v) is 5.77. The first-order valence-corrected chi connectivity index (χ1v) is 9.49. The van der Waals surface area contributed by atoms with Crippen LogP contribution in [0.25, 0.3) is 0 Å². The smallest absolute Gasteiger partial charge is 0.224 e. The Morgan fingerprint density at radius 2 is 2.48 bits per heavy atom. The maximum Gasteiger partial charge on any atom is 0.224 e. The van der Waals surface area contributed by atoms with Gasteiger partial charge >= 0.3 is 0 Å². The minimum Gasteiger partial charge on any atom is -0.353 e. The summed E-state index contributed by atoms with van der Waals surface area (Å²) in [5.41, 5.74) is 0. The summed E-state index contributed by atoms with van der Waals surface area (Å²) in [6.45, 7) is 2.84. The van der Waals surface area contributed by atoms with Crippen LogP contribution in [-0.2, 0) is 4.79 Å². The molecule has 1 aromatic heterocycles. The number of thioether (sulfide) groups is 1. The molecule has 3 rings (SSSR count). The lowest BCUT2D eigenvalue weighted by molar-refractivity contribution is -0.132. The number of aromatic nitrogens is 2. The minimum absolute atomic E-state index is 0.246. The lowest BCUT2D eigenvalue weighted by Gasteiger charge is -2.38. The standard InChI is InChI=1S/C16H25N5OS/c1-20(16(22)10-13-12-23-9-7-17-13)14-4-3-8-21(11-14)15-5-2-6-18-19-15/h2,5-6,13-14,17H,3-4,7-12H2,1H3. The number of nitrogens with zero attached hydrogens (tertiary/aromatic N) is 4. The van der Waals surface area contributed by atoms with Crippen LogP contribution in [0.4, 0.5) is 5.82 Å². The van der Waals surface area contributed by atoms with Gasteiger partial charge in [0, 0.05) is 62.9 Å². The fourth-order valence-electron chi connectivity index (χ4n) is 3.25. The molecule has 0 radical (unpaired) electrons. The van der Waals surface area contributed by atoms with Crippen LogP contribution in [0.2, 0.25) is 0 Å². The average molecular weight is 335 g/mol. The van der Waals surface area contributed by atoms with Gasteiger partial charge in [0.2, 0.25) is 5.91 Å². The summed E-state index contributed by atoms with van der Waals surface area (Å²) in [6.07, 6.45) is 4.43. The molecule has 3 heterocycles. The van der Waals surface area contributed by atoms with E-state index in [1.807, 2.05) is 35.8 Å². The Balaban J connectivity index is 1.55. The van der Waals surface area contributed by atoms with Crippen molar-refractivity contribution >= 4 is 23.5 Å². The van der Waals surface area contributed by atoms with E-state index < -0.39 is 0 Å². The first kappa shape index (κ1) is 16.5. The number of amides is 1. The third kappa shape index (κ3) is 4.35. The van der Waals surface area contributed by atoms with Gasteiger partial charge in [0.05, 0.1) is 0 Å². The van der Waals surface area contributed by atoms with E-state index in [9.17, 15) is 4.79 Å². The van der Waals surface area contributed by atoms with Crippen LogP contribution in [0, 0.1) is 0 Å². The highest BCUT2D eigenvalue weighted by Gasteiger charge is 2.28. The molecule has 0 bridgehead atoms. The maximum atomic E-state index is 12.6. The van der Waals surface area contributed by atoms with Crippen LogP contribution in [0.15, 0.2) is 18.3 Å². The van der Waals surface area contributed by atoms with Crippen molar-refractivity contribution in [2.24, 2.45) is 0 Å². The molecule has 2 atom stereocenters. The molecule has 2 unspecified atom stereocenters. The van der Waals surface area contributed by atoms with Crippen LogP contribution < -0.4 is 10.2 Å². The lowest BCUT2D eigenvalue weighted by Crippen LogP contribution is -2.50. The normalized spacial score (nSPS) is 25.2. The zero-order chi connectivity index (χ0) is 16.1. The molecule has 0 aromatic carbocycles. The maximum absolute atomic E-state index is 12.6. The van der Waals surface area contributed by atoms with Gasteiger partial charge in [0.25, 0.3) is 0 Å². The summed E-state index contributed by atoms with van der Waals surface area (Å²) in [7, 11) is 1.95. The van der Waals surface area contributed by atoms with Gasteiger partial charge in [-0.1, -0.05) is 0 Å². The molecule has 2 fully saturated rings. The second-order valence-electron chi connectivity index (χ2n) is 6.26. The highest BCUT2D eigenvalue weighted by molar-refractivity contribution is 7.99. The molecule has 0 aliphatic carbocycles. The summed E-state index contributed by atoms with van der Waals surface area (Å²) in [5.74, 6) is 3.34. The fourth-order valence-corrected chi connectivity index (χ4v) is 4.20. The Bertz CT molecular complexity index is 508. The number of piperidine rings is 1. The minimum atomic E-state index is 0.246. The number of hydrogen-bond donors (Lipinski definition) is 1. The van der Waals surface area contributed by atoms with Gasteiger partial charge in [-0.05, 0) is 25.0 Å². The van der Waals surface area contributed by atoms with Gasteiger partial charge in [-0.2, -0.15) is 16.9 Å². The molecule has 1 aromatic rings. The quantitative estimate of drug-likeness (QED) is 0.886. The largest absolute Gasteiger partial charge is 0.353 e. The Morgan fingerprint density at radius 3 is 3.22 bits per heavy atom. The molecule has 1 amide bonds. The Labute approximate surface area is 142 Å². The Kier molecular flexibility index (Phi) is 5.72. The topological polar surface area (TPSA) is 61.4 Å². The molecule has 0 saturated carbocycles. The van der Waals surface area contributed by atoms with Crippen molar-refractivity contribution < 1.29 is 4.79 Å². The number of hydrogen-bond acceptors (Lipinski definition) is 6. The van der Waals surface area contributed by atoms with Crippen molar-refractivity contribution in [1.29, 1.82) is 0 Å². The molecule has 7 heteroatoms. The summed E-state index contributed by atoms with van der Waals surface area (Å²) < 4.78 is 0. The van der Waals surface area contributed by atoms with E-state index in [0.29, 0.717) is 12.5 Å². The Hall–Kier alpha value is -1.34. The van der Waals surface area contributed by atoms with Crippen molar-refractivity contribution in [3.8, 4) is 0 Å². The van der Waals surface area contributed by atoms with Gasteiger partial charge in [-0.15, -0.1) is 5.10 Å². The second-order valence-corrected chi connectivity index (χ2v) is 7.41. The third-order valence-electron chi connectivity index (χ3n) is 4.64. The lowest BCUT2D eigenvalue weighted by atomic mass is 10.0. The summed E-state index contributed by atoms with van der Waals surface area (Å²) in [4.78, 5) is 16.8. The van der Waals surface area contributed by atoms with Crippen LogP contribution in [0.5, 0.6) is 0 Å². The molecule has 2 aliphatic heterocycles. The van der Waals surface area contributed by atoms with Crippen LogP contribution in [-0.4, -0.2) is 71.3 Å². The number of likely N-dealkylation sites (N-methyl/N-ethyl adjacent to an activating group) is 1. The van der Waals surface area contributed by atoms with Crippen molar-refractivity contribution in [2.45, 2.75) is 31.3 Å². The molecule has 2 aliphatic rings. The number of carbonyl (C=O) groups excluding carboxylic acids is 1. The van der Waals surface area contributed by atoms with E-state index in [0.717, 1.165) is 49.8 Å². The highest BCUT2D eigenvalue weighted by atomic mass is 32.2. The van der Waals surface area contributed by atoms with E-state index in [-0.39, 0.29) is 11.9 Å². The molecule has 2 saturated heterocycles. The van der Waals surface area contributed by atoms with Crippen LogP contribution >= 0.6 is 11.8 Å². The number of nitrogens with one attached hydrogen (secondary N) is 1. The molecular weight excluding hydrogens is 310 g/mol. The molecule has 6 nitrogen and oxygen atoms in total. The summed E-state index contributed by atoms with van der Waals surface area (Å²) in [5, 5.41) is 11.6. The fraction of sp³-hybridized carbons (Fsp3) is 0.688. The zero-order valence-electron chi connectivity index (χ0n) is 13.6. The van der Waals surface area contributed by atoms with E-state index in [2.05, 4.69) is 20.4 Å². The Morgan fingerprint density at radius 1 is 1.57 bits per heavy atom. The van der Waals surface area contributed by atoms with Crippen molar-refractivity contribution in [1.82, 2.24) is 20.4 Å². The van der Waals surface area contributed by atoms with Crippen LogP contribution in [0.1, 0.15) is 19.3 Å². The van der Waals surface area contributed by atoms with Gasteiger partial charge in [0.15, 0.2) is 5.82 Å². The molecule has 126 valence electrons. The summed E-state index contributed by atoms with van der Waals surface area (Å²) >= 11 is 1.93. The first-order valence-electron chi connectivity index (χ1n) is 8.33. The molecule has 23 heavy (non-hydrogen) atoms. The van der Waals surface area contributed by atoms with Gasteiger partial charge in [-0.3, -0.25) is 4.79 Å². The van der Waals surface area contributed by atoms with Crippen LogP contribution in [0.3, 0.4) is 0 Å².